The second kappa shape index (κ2) is 4.43. The summed E-state index contributed by atoms with van der Waals surface area (Å²) in [7, 11) is 0. The van der Waals surface area contributed by atoms with Gasteiger partial charge in [-0.25, -0.2) is 0 Å². The van der Waals surface area contributed by atoms with Crippen LogP contribution in [0.25, 0.3) is 0 Å². The number of carbonyl (C=O) groups excluding carboxylic acids is 1. The molecule has 0 aliphatic carbocycles. The number of aromatic nitrogens is 1. The number of terminal acetylenes is 1. The van der Waals surface area contributed by atoms with Crippen molar-refractivity contribution in [3.63, 3.8) is 0 Å². The van der Waals surface area contributed by atoms with Crippen LogP contribution < -0.4 is 5.32 Å². The first-order chi connectivity index (χ1) is 6.65. The molecule has 0 fully saturated rings. The van der Waals surface area contributed by atoms with Crippen LogP contribution in [0.4, 0.5) is 0 Å². The second-order valence-corrected chi connectivity index (χ2v) is 3.03. The van der Waals surface area contributed by atoms with Crippen molar-refractivity contribution < 1.29 is 4.79 Å². The summed E-state index contributed by atoms with van der Waals surface area (Å²) in [5, 5.41) is 2.65. The maximum atomic E-state index is 11.6. The summed E-state index contributed by atoms with van der Waals surface area (Å²) in [4.78, 5) is 15.6. The van der Waals surface area contributed by atoms with Crippen molar-refractivity contribution in [3.05, 3.63) is 29.6 Å². The van der Waals surface area contributed by atoms with Crippen molar-refractivity contribution in [1.29, 1.82) is 0 Å². The minimum absolute atomic E-state index is 0.228. The highest BCUT2D eigenvalue weighted by atomic mass is 16.1. The Bertz CT molecular complexity index is 379. The van der Waals surface area contributed by atoms with Gasteiger partial charge in [0.15, 0.2) is 0 Å². The van der Waals surface area contributed by atoms with E-state index in [0.29, 0.717) is 5.69 Å². The van der Waals surface area contributed by atoms with Gasteiger partial charge in [0.25, 0.3) is 5.91 Å². The number of rotatable bonds is 2. The Morgan fingerprint density at radius 3 is 3.00 bits per heavy atom. The van der Waals surface area contributed by atoms with Crippen LogP contribution in [0.3, 0.4) is 0 Å². The molecule has 1 atom stereocenters. The first-order valence-corrected chi connectivity index (χ1v) is 4.33. The third-order valence-electron chi connectivity index (χ3n) is 1.82. The fourth-order valence-electron chi connectivity index (χ4n) is 1.03. The van der Waals surface area contributed by atoms with E-state index < -0.39 is 0 Å². The Morgan fingerprint density at radius 2 is 2.43 bits per heavy atom. The largest absolute Gasteiger partial charge is 0.337 e. The van der Waals surface area contributed by atoms with Gasteiger partial charge in [0, 0.05) is 6.20 Å². The van der Waals surface area contributed by atoms with E-state index in [1.54, 1.807) is 19.2 Å². The van der Waals surface area contributed by atoms with Gasteiger partial charge in [0.1, 0.15) is 5.69 Å². The van der Waals surface area contributed by atoms with Gasteiger partial charge in [-0.1, -0.05) is 12.0 Å². The van der Waals surface area contributed by atoms with Crippen LogP contribution in [0.2, 0.25) is 0 Å². The van der Waals surface area contributed by atoms with E-state index >= 15 is 0 Å². The molecule has 0 saturated heterocycles. The molecule has 3 nitrogen and oxygen atoms in total. The molecule has 0 bridgehead atoms. The standard InChI is InChI=1S/C11H12N2O/c1-4-9(3)13-11(14)10-8(2)6-5-7-12-10/h1,5-7,9H,2-3H3,(H,13,14). The monoisotopic (exact) mass is 188 g/mol. The highest BCUT2D eigenvalue weighted by Crippen LogP contribution is 2.02. The molecule has 1 unspecified atom stereocenters. The smallest absolute Gasteiger partial charge is 0.271 e. The first kappa shape index (κ1) is 10.3. The molecule has 0 aromatic carbocycles. The van der Waals surface area contributed by atoms with Crippen molar-refractivity contribution in [2.24, 2.45) is 0 Å². The Kier molecular flexibility index (Phi) is 3.24. The molecule has 1 aromatic rings. The number of nitrogens with zero attached hydrogens (tertiary/aromatic N) is 1. The predicted octanol–water partition coefficient (Wildman–Crippen LogP) is 1.14. The van der Waals surface area contributed by atoms with Crippen molar-refractivity contribution in [3.8, 4) is 12.3 Å². The fourth-order valence-corrected chi connectivity index (χ4v) is 1.03. The Balaban J connectivity index is 2.81. The van der Waals surface area contributed by atoms with Crippen LogP contribution in [0, 0.1) is 19.3 Å². The van der Waals surface area contributed by atoms with Crippen LogP contribution in [0.5, 0.6) is 0 Å². The summed E-state index contributed by atoms with van der Waals surface area (Å²) in [5.41, 5.74) is 1.27. The molecule has 1 heterocycles. The molecule has 14 heavy (non-hydrogen) atoms. The molecular weight excluding hydrogens is 176 g/mol. The minimum Gasteiger partial charge on any atom is -0.337 e. The van der Waals surface area contributed by atoms with Crippen LogP contribution in [-0.4, -0.2) is 16.9 Å². The number of aryl methyl sites for hydroxylation is 1. The van der Waals surface area contributed by atoms with Crippen molar-refractivity contribution in [1.82, 2.24) is 10.3 Å². The van der Waals surface area contributed by atoms with E-state index in [0.717, 1.165) is 5.56 Å². The average molecular weight is 188 g/mol. The molecule has 0 aliphatic rings. The van der Waals surface area contributed by atoms with E-state index in [-0.39, 0.29) is 11.9 Å². The topological polar surface area (TPSA) is 42.0 Å². The van der Waals surface area contributed by atoms with Crippen LogP contribution in [-0.2, 0) is 0 Å². The normalized spacial score (nSPS) is 11.5. The zero-order valence-corrected chi connectivity index (χ0v) is 8.24. The molecule has 1 aromatic heterocycles. The Morgan fingerprint density at radius 1 is 1.71 bits per heavy atom. The number of hydrogen-bond acceptors (Lipinski definition) is 2. The molecular formula is C11H12N2O. The summed E-state index contributed by atoms with van der Waals surface area (Å²) in [6, 6.07) is 3.35. The van der Waals surface area contributed by atoms with Crippen molar-refractivity contribution >= 4 is 5.91 Å². The van der Waals surface area contributed by atoms with Crippen LogP contribution in [0.15, 0.2) is 18.3 Å². The molecule has 0 aliphatic heterocycles. The molecule has 0 radical (unpaired) electrons. The SMILES string of the molecule is C#CC(C)NC(=O)c1ncccc1C. The number of carbonyl (C=O) groups is 1. The summed E-state index contributed by atoms with van der Waals surface area (Å²) >= 11 is 0. The lowest BCUT2D eigenvalue weighted by molar-refractivity contribution is 0.0942. The van der Waals surface area contributed by atoms with E-state index in [1.165, 1.54) is 0 Å². The highest BCUT2D eigenvalue weighted by molar-refractivity contribution is 5.93. The Hall–Kier alpha value is -1.82. The lowest BCUT2D eigenvalue weighted by atomic mass is 10.2. The quantitative estimate of drug-likeness (QED) is 0.707. The maximum Gasteiger partial charge on any atom is 0.271 e. The molecule has 1 amide bonds. The maximum absolute atomic E-state index is 11.6. The Labute approximate surface area is 83.6 Å². The first-order valence-electron chi connectivity index (χ1n) is 4.33. The van der Waals surface area contributed by atoms with Crippen LogP contribution >= 0.6 is 0 Å². The van der Waals surface area contributed by atoms with Gasteiger partial charge in [-0.3, -0.25) is 9.78 Å². The number of hydrogen-bond donors (Lipinski definition) is 1. The third kappa shape index (κ3) is 2.33. The van der Waals surface area contributed by atoms with Gasteiger partial charge in [-0.05, 0) is 25.5 Å². The van der Waals surface area contributed by atoms with Gasteiger partial charge in [-0.15, -0.1) is 6.42 Å². The zero-order chi connectivity index (χ0) is 10.6. The van der Waals surface area contributed by atoms with Crippen molar-refractivity contribution in [2.45, 2.75) is 19.9 Å². The summed E-state index contributed by atoms with van der Waals surface area (Å²) < 4.78 is 0. The lowest BCUT2D eigenvalue weighted by Crippen LogP contribution is -2.32. The van der Waals surface area contributed by atoms with Crippen molar-refractivity contribution in [2.75, 3.05) is 0 Å². The molecule has 0 saturated carbocycles. The fraction of sp³-hybridized carbons (Fsp3) is 0.273. The van der Waals surface area contributed by atoms with Crippen LogP contribution in [0.1, 0.15) is 23.0 Å². The predicted molar refractivity (Wildman–Crippen MR) is 54.7 cm³/mol. The molecule has 1 rings (SSSR count). The van der Waals surface area contributed by atoms with Gasteiger partial charge in [0.2, 0.25) is 0 Å². The highest BCUT2D eigenvalue weighted by Gasteiger charge is 2.10. The molecule has 0 spiro atoms. The molecule has 1 N–H and O–H groups in total. The summed E-state index contributed by atoms with van der Waals surface area (Å²) in [6.07, 6.45) is 6.74. The van der Waals surface area contributed by atoms with Gasteiger partial charge in [-0.2, -0.15) is 0 Å². The number of nitrogens with one attached hydrogen (secondary N) is 1. The number of pyridine rings is 1. The second-order valence-electron chi connectivity index (χ2n) is 3.03. The minimum atomic E-state index is -0.274. The number of amides is 1. The third-order valence-corrected chi connectivity index (χ3v) is 1.82. The zero-order valence-electron chi connectivity index (χ0n) is 8.24. The van der Waals surface area contributed by atoms with Gasteiger partial charge < -0.3 is 5.32 Å². The van der Waals surface area contributed by atoms with Gasteiger partial charge in [0.05, 0.1) is 6.04 Å². The summed E-state index contributed by atoms with van der Waals surface area (Å²) in [5.74, 6) is 2.20. The van der Waals surface area contributed by atoms with E-state index in [9.17, 15) is 4.79 Å². The van der Waals surface area contributed by atoms with E-state index in [2.05, 4.69) is 16.2 Å². The molecule has 72 valence electrons. The summed E-state index contributed by atoms with van der Waals surface area (Å²) in [6.45, 7) is 3.58. The average Bonchev–Trinajstić information content (AvgIpc) is 2.18. The van der Waals surface area contributed by atoms with Gasteiger partial charge >= 0.3 is 0 Å². The lowest BCUT2D eigenvalue weighted by Gasteiger charge is -2.08. The molecule has 3 heteroatoms. The van der Waals surface area contributed by atoms with E-state index in [4.69, 9.17) is 6.42 Å². The van der Waals surface area contributed by atoms with E-state index in [1.807, 2.05) is 13.0 Å².